The van der Waals surface area contributed by atoms with Crippen molar-refractivity contribution in [2.24, 2.45) is 0 Å². The van der Waals surface area contributed by atoms with Gasteiger partial charge in [0.05, 0.1) is 10.8 Å². The van der Waals surface area contributed by atoms with Crippen molar-refractivity contribution >= 4 is 53.8 Å². The van der Waals surface area contributed by atoms with E-state index in [1.54, 1.807) is 18.2 Å². The Hall–Kier alpha value is -1.13. The van der Waals surface area contributed by atoms with E-state index in [1.807, 2.05) is 18.2 Å². The molecule has 0 bridgehead atoms. The molecule has 3 rings (SSSR count). The predicted molar refractivity (Wildman–Crippen MR) is 75.4 cm³/mol. The minimum Gasteiger partial charge on any atom is -0.456 e. The molecule has 17 heavy (non-hydrogen) atoms. The summed E-state index contributed by atoms with van der Waals surface area (Å²) in [6, 6.07) is 10.9. The fourth-order valence-electron chi connectivity index (χ4n) is 1.83. The number of hydrogen-bond acceptors (Lipinski definition) is 2. The lowest BCUT2D eigenvalue weighted by atomic mass is 10.1. The van der Waals surface area contributed by atoms with Gasteiger partial charge in [-0.1, -0.05) is 12.1 Å². The molecule has 4 heteroatoms. The van der Waals surface area contributed by atoms with Gasteiger partial charge in [0.25, 0.3) is 0 Å². The average Bonchev–Trinajstić information content (AvgIpc) is 2.34. The summed E-state index contributed by atoms with van der Waals surface area (Å²) in [7, 11) is 0. The molecule has 0 saturated heterocycles. The second-order valence-electron chi connectivity index (χ2n) is 3.66. The van der Waals surface area contributed by atoms with Crippen LogP contribution >= 0.6 is 31.9 Å². The maximum atomic E-state index is 12.4. The third kappa shape index (κ3) is 1.63. The highest BCUT2D eigenvalue weighted by Gasteiger charge is 2.11. The van der Waals surface area contributed by atoms with Crippen molar-refractivity contribution in [3.63, 3.8) is 0 Å². The van der Waals surface area contributed by atoms with E-state index in [-0.39, 0.29) is 5.43 Å². The van der Waals surface area contributed by atoms with Gasteiger partial charge in [0.15, 0.2) is 0 Å². The van der Waals surface area contributed by atoms with Crippen molar-refractivity contribution < 1.29 is 4.42 Å². The number of para-hydroxylation sites is 1. The van der Waals surface area contributed by atoms with Crippen LogP contribution in [0.3, 0.4) is 0 Å². The summed E-state index contributed by atoms with van der Waals surface area (Å²) in [6.07, 6.45) is 0. The van der Waals surface area contributed by atoms with E-state index >= 15 is 0 Å². The zero-order valence-corrected chi connectivity index (χ0v) is 11.7. The molecule has 0 atom stereocenters. The molecule has 0 spiro atoms. The van der Waals surface area contributed by atoms with Gasteiger partial charge in [0, 0.05) is 8.95 Å². The van der Waals surface area contributed by atoms with E-state index in [9.17, 15) is 4.79 Å². The maximum absolute atomic E-state index is 12.4. The molecule has 2 aromatic carbocycles. The summed E-state index contributed by atoms with van der Waals surface area (Å²) >= 11 is 6.80. The van der Waals surface area contributed by atoms with Crippen molar-refractivity contribution in [2.45, 2.75) is 0 Å². The van der Waals surface area contributed by atoms with Gasteiger partial charge in [-0.2, -0.15) is 0 Å². The number of rotatable bonds is 0. The van der Waals surface area contributed by atoms with Gasteiger partial charge in [-0.25, -0.2) is 0 Å². The highest BCUT2D eigenvalue weighted by Crippen LogP contribution is 2.31. The fourth-order valence-corrected chi connectivity index (χ4v) is 2.66. The Labute approximate surface area is 113 Å². The molecule has 0 aliphatic rings. The van der Waals surface area contributed by atoms with E-state index in [0.29, 0.717) is 21.9 Å². The third-order valence-electron chi connectivity index (χ3n) is 2.64. The summed E-state index contributed by atoms with van der Waals surface area (Å²) < 4.78 is 7.28. The van der Waals surface area contributed by atoms with Crippen molar-refractivity contribution in [1.82, 2.24) is 0 Å². The molecular formula is C13H6Br2O2. The molecule has 84 valence electrons. The van der Waals surface area contributed by atoms with E-state index in [4.69, 9.17) is 4.42 Å². The van der Waals surface area contributed by atoms with Gasteiger partial charge in [-0.3, -0.25) is 4.79 Å². The largest absolute Gasteiger partial charge is 0.456 e. The first-order valence-electron chi connectivity index (χ1n) is 4.98. The van der Waals surface area contributed by atoms with Gasteiger partial charge in [-0.05, 0) is 56.1 Å². The molecule has 0 saturated carbocycles. The summed E-state index contributed by atoms with van der Waals surface area (Å²) in [4.78, 5) is 12.4. The predicted octanol–water partition coefficient (Wildman–Crippen LogP) is 4.47. The zero-order valence-electron chi connectivity index (χ0n) is 8.54. The minimum absolute atomic E-state index is 0.0185. The normalized spacial score (nSPS) is 11.2. The summed E-state index contributed by atoms with van der Waals surface area (Å²) in [5.74, 6) is 0. The first-order chi connectivity index (χ1) is 8.18. The van der Waals surface area contributed by atoms with E-state index < -0.39 is 0 Å². The lowest BCUT2D eigenvalue weighted by molar-refractivity contribution is 0.659. The first kappa shape index (κ1) is 11.0. The van der Waals surface area contributed by atoms with Crippen LogP contribution < -0.4 is 5.43 Å². The topological polar surface area (TPSA) is 30.2 Å². The van der Waals surface area contributed by atoms with Crippen LogP contribution in [-0.2, 0) is 0 Å². The Kier molecular flexibility index (Phi) is 2.56. The van der Waals surface area contributed by atoms with Crippen molar-refractivity contribution in [3.8, 4) is 0 Å². The van der Waals surface area contributed by atoms with Gasteiger partial charge >= 0.3 is 0 Å². The smallest absolute Gasteiger partial charge is 0.201 e. The van der Waals surface area contributed by atoms with Crippen LogP contribution in [0.2, 0.25) is 0 Å². The Morgan fingerprint density at radius 2 is 1.71 bits per heavy atom. The Morgan fingerprint density at radius 3 is 2.53 bits per heavy atom. The quantitative estimate of drug-likeness (QED) is 0.558. The molecule has 0 aliphatic heterocycles. The van der Waals surface area contributed by atoms with E-state index in [0.717, 1.165) is 8.95 Å². The Balaban J connectivity index is 2.66. The minimum atomic E-state index is -0.0185. The summed E-state index contributed by atoms with van der Waals surface area (Å²) in [5, 5.41) is 1.16. The maximum Gasteiger partial charge on any atom is 0.201 e. The molecule has 2 nitrogen and oxygen atoms in total. The van der Waals surface area contributed by atoms with Crippen LogP contribution in [0.1, 0.15) is 0 Å². The Bertz CT molecular complexity index is 790. The molecule has 0 unspecified atom stereocenters. The zero-order chi connectivity index (χ0) is 12.0. The van der Waals surface area contributed by atoms with Crippen LogP contribution in [-0.4, -0.2) is 0 Å². The van der Waals surface area contributed by atoms with E-state index in [2.05, 4.69) is 31.9 Å². The second kappa shape index (κ2) is 3.96. The highest BCUT2D eigenvalue weighted by atomic mass is 79.9. The Morgan fingerprint density at radius 1 is 0.941 bits per heavy atom. The highest BCUT2D eigenvalue weighted by molar-refractivity contribution is 9.13. The molecule has 1 aromatic heterocycles. The van der Waals surface area contributed by atoms with Crippen LogP contribution in [0.25, 0.3) is 21.9 Å². The summed E-state index contributed by atoms with van der Waals surface area (Å²) in [5.41, 5.74) is 1.18. The molecule has 0 radical (unpaired) electrons. The van der Waals surface area contributed by atoms with Crippen LogP contribution in [0.4, 0.5) is 0 Å². The average molecular weight is 354 g/mol. The van der Waals surface area contributed by atoms with Gasteiger partial charge in [-0.15, -0.1) is 0 Å². The molecule has 3 aromatic rings. The van der Waals surface area contributed by atoms with Crippen molar-refractivity contribution in [2.75, 3.05) is 0 Å². The molecule has 0 N–H and O–H groups in total. The number of hydrogen-bond donors (Lipinski definition) is 0. The molecule has 0 fully saturated rings. The van der Waals surface area contributed by atoms with Gasteiger partial charge in [0.1, 0.15) is 11.2 Å². The van der Waals surface area contributed by atoms with Gasteiger partial charge in [0.2, 0.25) is 5.43 Å². The third-order valence-corrected chi connectivity index (χ3v) is 4.65. The molecular weight excluding hydrogens is 348 g/mol. The number of fused-ring (bicyclic) bond motifs is 2. The molecule has 0 aliphatic carbocycles. The van der Waals surface area contributed by atoms with Crippen molar-refractivity contribution in [1.29, 1.82) is 0 Å². The van der Waals surface area contributed by atoms with Gasteiger partial charge < -0.3 is 4.42 Å². The van der Waals surface area contributed by atoms with Crippen LogP contribution in [0, 0.1) is 0 Å². The van der Waals surface area contributed by atoms with Crippen molar-refractivity contribution in [3.05, 3.63) is 55.6 Å². The standard InChI is InChI=1S/C13H6Br2O2/c14-8-5-6-10-11(12(8)15)13(16)7-3-1-2-4-9(7)17-10/h1-6H. The van der Waals surface area contributed by atoms with Crippen LogP contribution in [0.15, 0.2) is 54.6 Å². The SMILES string of the molecule is O=c1c2ccccc2oc2ccc(Br)c(Br)c12. The monoisotopic (exact) mass is 352 g/mol. The number of benzene rings is 2. The van der Waals surface area contributed by atoms with E-state index in [1.165, 1.54) is 0 Å². The summed E-state index contributed by atoms with van der Waals surface area (Å²) in [6.45, 7) is 0. The van der Waals surface area contributed by atoms with Crippen LogP contribution in [0.5, 0.6) is 0 Å². The molecule has 0 amide bonds. The number of halogens is 2. The lowest BCUT2D eigenvalue weighted by Crippen LogP contribution is -2.02. The first-order valence-corrected chi connectivity index (χ1v) is 6.56. The fraction of sp³-hybridized carbons (Fsp3) is 0. The lowest BCUT2D eigenvalue weighted by Gasteiger charge is -2.04. The second-order valence-corrected chi connectivity index (χ2v) is 5.31. The molecule has 1 heterocycles.